The van der Waals surface area contributed by atoms with Gasteiger partial charge in [0.15, 0.2) is 0 Å². The Kier molecular flexibility index (Phi) is 3.93. The number of hydrogen-bond donors (Lipinski definition) is 0. The molecule has 4 heteroatoms. The van der Waals surface area contributed by atoms with Crippen LogP contribution >= 0.6 is 34.2 Å². The highest BCUT2D eigenvalue weighted by Crippen LogP contribution is 2.29. The average molecular weight is 339 g/mol. The van der Waals surface area contributed by atoms with Crippen LogP contribution in [0.25, 0.3) is 0 Å². The summed E-state index contributed by atoms with van der Waals surface area (Å²) in [5.41, 5.74) is 0. The van der Waals surface area contributed by atoms with E-state index < -0.39 is 0 Å². The van der Waals surface area contributed by atoms with E-state index in [1.165, 1.54) is 25.7 Å². The van der Waals surface area contributed by atoms with Crippen LogP contribution in [0.1, 0.15) is 32.6 Å². The van der Waals surface area contributed by atoms with Gasteiger partial charge >= 0.3 is 0 Å². The fourth-order valence-electron chi connectivity index (χ4n) is 2.24. The fourth-order valence-corrected chi connectivity index (χ4v) is 2.81. The number of rotatable bonds is 2. The number of aromatic nitrogens is 2. The van der Waals surface area contributed by atoms with Crippen molar-refractivity contribution in [2.24, 2.45) is 11.8 Å². The van der Waals surface area contributed by atoms with Crippen LogP contribution in [0.15, 0.2) is 6.20 Å². The molecule has 0 atom stereocenters. The quantitative estimate of drug-likeness (QED) is 0.746. The van der Waals surface area contributed by atoms with E-state index >= 15 is 0 Å². The van der Waals surface area contributed by atoms with Gasteiger partial charge in [0.1, 0.15) is 3.70 Å². The summed E-state index contributed by atoms with van der Waals surface area (Å²) in [7, 11) is 0. The molecule has 84 valence electrons. The smallest absolute Gasteiger partial charge is 0.141 e. The highest BCUT2D eigenvalue weighted by molar-refractivity contribution is 14.1. The fraction of sp³-hybridized carbons (Fsp3) is 0.727. The maximum Gasteiger partial charge on any atom is 0.141 e. The van der Waals surface area contributed by atoms with E-state index in [2.05, 4.69) is 34.6 Å². The first-order valence-electron chi connectivity index (χ1n) is 5.53. The van der Waals surface area contributed by atoms with Crippen LogP contribution in [0.3, 0.4) is 0 Å². The first-order valence-corrected chi connectivity index (χ1v) is 6.99. The molecule has 2 nitrogen and oxygen atoms in total. The second-order valence-corrected chi connectivity index (χ2v) is 6.04. The molecule has 0 aromatic carbocycles. The van der Waals surface area contributed by atoms with Crippen LogP contribution in [0, 0.1) is 15.5 Å². The zero-order chi connectivity index (χ0) is 10.8. The lowest BCUT2D eigenvalue weighted by atomic mass is 9.83. The zero-order valence-electron chi connectivity index (χ0n) is 8.92. The Morgan fingerprint density at radius 3 is 2.67 bits per heavy atom. The van der Waals surface area contributed by atoms with E-state index in [0.29, 0.717) is 0 Å². The van der Waals surface area contributed by atoms with Crippen LogP contribution in [0.2, 0.25) is 5.02 Å². The summed E-state index contributed by atoms with van der Waals surface area (Å²) in [4.78, 5) is 0. The molecule has 1 saturated carbocycles. The third-order valence-corrected chi connectivity index (χ3v) is 4.65. The molecule has 1 aliphatic carbocycles. The predicted octanol–water partition coefficient (Wildman–Crippen LogP) is 3.97. The van der Waals surface area contributed by atoms with E-state index in [1.807, 2.05) is 10.9 Å². The van der Waals surface area contributed by atoms with E-state index in [1.54, 1.807) is 0 Å². The highest BCUT2D eigenvalue weighted by Gasteiger charge is 2.19. The molecule has 1 aromatic rings. The van der Waals surface area contributed by atoms with Crippen molar-refractivity contribution >= 4 is 34.2 Å². The predicted molar refractivity (Wildman–Crippen MR) is 71.1 cm³/mol. The standard InChI is InChI=1S/C11H16ClIN2/c1-8-2-4-9(5-3-8)6-15-7-10(12)11(13)14-15/h7-9H,2-6H2,1H3. The van der Waals surface area contributed by atoms with Gasteiger partial charge in [0.25, 0.3) is 0 Å². The first kappa shape index (κ1) is 11.7. The monoisotopic (exact) mass is 338 g/mol. The molecule has 1 aliphatic rings. The van der Waals surface area contributed by atoms with Crippen LogP contribution < -0.4 is 0 Å². The second-order valence-electron chi connectivity index (χ2n) is 4.62. The van der Waals surface area contributed by atoms with Gasteiger partial charge in [-0.25, -0.2) is 0 Å². The third-order valence-electron chi connectivity index (χ3n) is 3.26. The van der Waals surface area contributed by atoms with Gasteiger partial charge in [0.2, 0.25) is 0 Å². The Morgan fingerprint density at radius 1 is 1.47 bits per heavy atom. The third kappa shape index (κ3) is 3.09. The van der Waals surface area contributed by atoms with Crippen molar-refractivity contribution in [3.05, 3.63) is 14.9 Å². The molecule has 0 N–H and O–H groups in total. The Morgan fingerprint density at radius 2 is 2.13 bits per heavy atom. The van der Waals surface area contributed by atoms with Crippen molar-refractivity contribution in [3.8, 4) is 0 Å². The van der Waals surface area contributed by atoms with Crippen molar-refractivity contribution in [3.63, 3.8) is 0 Å². The van der Waals surface area contributed by atoms with E-state index in [0.717, 1.165) is 27.1 Å². The topological polar surface area (TPSA) is 17.8 Å². The molecule has 0 saturated heterocycles. The largest absolute Gasteiger partial charge is 0.270 e. The second kappa shape index (κ2) is 5.04. The summed E-state index contributed by atoms with van der Waals surface area (Å²) in [6.45, 7) is 3.39. The minimum absolute atomic E-state index is 0.778. The van der Waals surface area contributed by atoms with Crippen LogP contribution in [-0.2, 0) is 6.54 Å². The summed E-state index contributed by atoms with van der Waals surface area (Å²) < 4.78 is 2.92. The highest BCUT2D eigenvalue weighted by atomic mass is 127. The van der Waals surface area contributed by atoms with Crippen molar-refractivity contribution in [1.82, 2.24) is 9.78 Å². The van der Waals surface area contributed by atoms with Gasteiger partial charge in [0, 0.05) is 12.7 Å². The van der Waals surface area contributed by atoms with Gasteiger partial charge in [0.05, 0.1) is 5.02 Å². The molecular formula is C11H16ClIN2. The summed E-state index contributed by atoms with van der Waals surface area (Å²) in [6, 6.07) is 0. The molecule has 0 radical (unpaired) electrons. The minimum Gasteiger partial charge on any atom is -0.270 e. The molecule has 1 aromatic heterocycles. The zero-order valence-corrected chi connectivity index (χ0v) is 11.8. The molecule has 0 spiro atoms. The summed E-state index contributed by atoms with van der Waals surface area (Å²) in [5.74, 6) is 1.72. The lowest BCUT2D eigenvalue weighted by molar-refractivity contribution is 0.257. The van der Waals surface area contributed by atoms with Crippen LogP contribution in [0.4, 0.5) is 0 Å². The maximum atomic E-state index is 5.98. The molecule has 1 heterocycles. The van der Waals surface area contributed by atoms with E-state index in [9.17, 15) is 0 Å². The lowest BCUT2D eigenvalue weighted by Crippen LogP contribution is -2.18. The van der Waals surface area contributed by atoms with Gasteiger partial charge in [-0.15, -0.1) is 0 Å². The van der Waals surface area contributed by atoms with Gasteiger partial charge in [-0.2, -0.15) is 5.10 Å². The van der Waals surface area contributed by atoms with Gasteiger partial charge < -0.3 is 0 Å². The number of halogens is 2. The normalized spacial score (nSPS) is 26.9. The van der Waals surface area contributed by atoms with Crippen molar-refractivity contribution in [1.29, 1.82) is 0 Å². The SMILES string of the molecule is CC1CCC(Cn2cc(Cl)c(I)n2)CC1. The molecule has 0 unspecified atom stereocenters. The van der Waals surface area contributed by atoms with Crippen LogP contribution in [0.5, 0.6) is 0 Å². The number of nitrogens with zero attached hydrogens (tertiary/aromatic N) is 2. The maximum absolute atomic E-state index is 5.98. The summed E-state index contributed by atoms with van der Waals surface area (Å²) in [5, 5.41) is 5.17. The molecular weight excluding hydrogens is 322 g/mol. The molecule has 0 aliphatic heterocycles. The summed E-state index contributed by atoms with van der Waals surface area (Å²) >= 11 is 8.16. The van der Waals surface area contributed by atoms with Crippen LogP contribution in [-0.4, -0.2) is 9.78 Å². The van der Waals surface area contributed by atoms with E-state index in [-0.39, 0.29) is 0 Å². The molecule has 0 bridgehead atoms. The molecule has 0 amide bonds. The Hall–Kier alpha value is 0.230. The van der Waals surface area contributed by atoms with Crippen molar-refractivity contribution < 1.29 is 0 Å². The van der Waals surface area contributed by atoms with Gasteiger partial charge in [-0.3, -0.25) is 4.68 Å². The molecule has 2 rings (SSSR count). The van der Waals surface area contributed by atoms with E-state index in [4.69, 9.17) is 11.6 Å². The average Bonchev–Trinajstić information content (AvgIpc) is 2.50. The van der Waals surface area contributed by atoms with Gasteiger partial charge in [-0.05, 0) is 47.3 Å². The lowest BCUT2D eigenvalue weighted by Gasteiger charge is -2.25. The van der Waals surface area contributed by atoms with Crippen molar-refractivity contribution in [2.75, 3.05) is 0 Å². The molecule has 15 heavy (non-hydrogen) atoms. The number of hydrogen-bond acceptors (Lipinski definition) is 1. The summed E-state index contributed by atoms with van der Waals surface area (Å²) in [6.07, 6.45) is 7.37. The van der Waals surface area contributed by atoms with Crippen molar-refractivity contribution in [2.45, 2.75) is 39.2 Å². The first-order chi connectivity index (χ1) is 7.15. The minimum atomic E-state index is 0.778. The Labute approximate surface area is 110 Å². The van der Waals surface area contributed by atoms with Gasteiger partial charge in [-0.1, -0.05) is 31.4 Å². The Balaban J connectivity index is 1.91. The Bertz CT molecular complexity index is 310. The molecule has 1 fully saturated rings.